The molecular weight excluding hydrogens is 252 g/mol. The molecule has 0 aliphatic rings. The lowest BCUT2D eigenvalue weighted by atomic mass is 9.99. The molecule has 1 rings (SSSR count). The summed E-state index contributed by atoms with van der Waals surface area (Å²) in [6.07, 6.45) is 0. The fourth-order valence-electron chi connectivity index (χ4n) is 1.89. The van der Waals surface area contributed by atoms with Crippen molar-refractivity contribution in [3.63, 3.8) is 0 Å². The van der Waals surface area contributed by atoms with Crippen LogP contribution in [0.5, 0.6) is 0 Å². The second-order valence-corrected chi connectivity index (χ2v) is 5.07. The Morgan fingerprint density at radius 3 is 2.16 bits per heavy atom. The number of carboxylic acids is 1. The van der Waals surface area contributed by atoms with Gasteiger partial charge in [0.15, 0.2) is 0 Å². The second-order valence-electron chi connectivity index (χ2n) is 5.07. The zero-order valence-electron chi connectivity index (χ0n) is 11.3. The minimum Gasteiger partial charge on any atom is -0.480 e. The van der Waals surface area contributed by atoms with Crippen molar-refractivity contribution in [1.82, 2.24) is 5.32 Å². The minimum atomic E-state index is -0.923. The van der Waals surface area contributed by atoms with Gasteiger partial charge in [0, 0.05) is 12.6 Å². The van der Waals surface area contributed by atoms with Crippen LogP contribution in [-0.4, -0.2) is 23.7 Å². The summed E-state index contributed by atoms with van der Waals surface area (Å²) in [7, 11) is 0. The van der Waals surface area contributed by atoms with Crippen molar-refractivity contribution in [1.29, 1.82) is 0 Å². The Morgan fingerprint density at radius 1 is 1.21 bits per heavy atom. The van der Waals surface area contributed by atoms with Crippen molar-refractivity contribution in [2.24, 2.45) is 5.92 Å². The van der Waals surface area contributed by atoms with Crippen molar-refractivity contribution in [3.8, 4) is 0 Å². The molecule has 0 bridgehead atoms. The van der Waals surface area contributed by atoms with Crippen LogP contribution in [0.2, 0.25) is 0 Å². The first-order chi connectivity index (χ1) is 8.81. The number of carboxylic acid groups (broad SMARTS) is 1. The number of halogens is 2. The van der Waals surface area contributed by atoms with Crippen molar-refractivity contribution >= 4 is 5.97 Å². The third kappa shape index (κ3) is 4.59. The smallest absolute Gasteiger partial charge is 0.320 e. The first-order valence-corrected chi connectivity index (χ1v) is 6.23. The van der Waals surface area contributed by atoms with Gasteiger partial charge >= 0.3 is 5.97 Å². The van der Waals surface area contributed by atoms with Gasteiger partial charge < -0.3 is 10.4 Å². The number of aliphatic carboxylic acids is 1. The fraction of sp³-hybridized carbons (Fsp3) is 0.500. The van der Waals surface area contributed by atoms with Gasteiger partial charge in [-0.1, -0.05) is 20.8 Å². The molecule has 5 heteroatoms. The number of carbonyl (C=O) groups is 1. The van der Waals surface area contributed by atoms with Crippen LogP contribution >= 0.6 is 0 Å². The van der Waals surface area contributed by atoms with Gasteiger partial charge in [-0.05, 0) is 29.5 Å². The molecule has 1 aromatic carbocycles. The highest BCUT2D eigenvalue weighted by molar-refractivity contribution is 5.73. The van der Waals surface area contributed by atoms with E-state index in [4.69, 9.17) is 5.11 Å². The lowest BCUT2D eigenvalue weighted by Crippen LogP contribution is -2.42. The maximum absolute atomic E-state index is 13.1. The van der Waals surface area contributed by atoms with Crippen LogP contribution in [0.3, 0.4) is 0 Å². The maximum Gasteiger partial charge on any atom is 0.320 e. The standard InChI is InChI=1S/C14H19F2NO2/c1-8(2)13(14(18)19)17-7-9(3)10-4-11(15)6-12(16)5-10/h4-6,8-9,13,17H,7H2,1-3H3,(H,18,19)/t9?,13-/m0/s1. The van der Waals surface area contributed by atoms with Crippen LogP contribution in [0.4, 0.5) is 8.78 Å². The number of rotatable bonds is 6. The van der Waals surface area contributed by atoms with Gasteiger partial charge in [0.2, 0.25) is 0 Å². The Balaban J connectivity index is 2.69. The minimum absolute atomic E-state index is 0.0612. The van der Waals surface area contributed by atoms with Crippen molar-refractivity contribution < 1.29 is 18.7 Å². The molecule has 0 aromatic heterocycles. The Bertz CT molecular complexity index is 429. The molecule has 0 radical (unpaired) electrons. The van der Waals surface area contributed by atoms with Crippen molar-refractivity contribution in [3.05, 3.63) is 35.4 Å². The summed E-state index contributed by atoms with van der Waals surface area (Å²) in [5.41, 5.74) is 0.512. The number of hydrogen-bond acceptors (Lipinski definition) is 2. The monoisotopic (exact) mass is 271 g/mol. The summed E-state index contributed by atoms with van der Waals surface area (Å²) < 4.78 is 26.2. The van der Waals surface area contributed by atoms with Gasteiger partial charge in [0.05, 0.1) is 0 Å². The molecule has 2 N–H and O–H groups in total. The average molecular weight is 271 g/mol. The summed E-state index contributed by atoms with van der Waals surface area (Å²) in [6, 6.07) is 2.68. The highest BCUT2D eigenvalue weighted by Crippen LogP contribution is 2.18. The third-order valence-corrected chi connectivity index (χ3v) is 3.03. The van der Waals surface area contributed by atoms with Crippen molar-refractivity contribution in [2.45, 2.75) is 32.7 Å². The molecule has 0 heterocycles. The number of hydrogen-bond donors (Lipinski definition) is 2. The zero-order chi connectivity index (χ0) is 14.6. The van der Waals surface area contributed by atoms with Crippen LogP contribution in [-0.2, 0) is 4.79 Å². The Labute approximate surface area is 111 Å². The fourth-order valence-corrected chi connectivity index (χ4v) is 1.89. The summed E-state index contributed by atoms with van der Waals surface area (Å²) in [4.78, 5) is 11.0. The predicted molar refractivity (Wildman–Crippen MR) is 69.0 cm³/mol. The lowest BCUT2D eigenvalue weighted by molar-refractivity contribution is -0.140. The highest BCUT2D eigenvalue weighted by Gasteiger charge is 2.21. The van der Waals surface area contributed by atoms with E-state index in [0.29, 0.717) is 12.1 Å². The molecular formula is C14H19F2NO2. The molecule has 2 atom stereocenters. The molecule has 0 spiro atoms. The molecule has 0 aliphatic heterocycles. The highest BCUT2D eigenvalue weighted by atomic mass is 19.1. The Morgan fingerprint density at radius 2 is 1.74 bits per heavy atom. The molecule has 0 fully saturated rings. The van der Waals surface area contributed by atoms with Gasteiger partial charge in [-0.15, -0.1) is 0 Å². The summed E-state index contributed by atoms with van der Waals surface area (Å²) >= 11 is 0. The number of nitrogens with one attached hydrogen (secondary N) is 1. The molecule has 1 aromatic rings. The molecule has 0 saturated heterocycles. The summed E-state index contributed by atoms with van der Waals surface area (Å²) in [5.74, 6) is -2.41. The van der Waals surface area contributed by atoms with Crippen LogP contribution < -0.4 is 5.32 Å². The second kappa shape index (κ2) is 6.61. The summed E-state index contributed by atoms with van der Waals surface area (Å²) in [5, 5.41) is 11.9. The van der Waals surface area contributed by atoms with E-state index in [1.807, 2.05) is 0 Å². The first kappa shape index (κ1) is 15.6. The van der Waals surface area contributed by atoms with E-state index in [9.17, 15) is 13.6 Å². The van der Waals surface area contributed by atoms with Crippen molar-refractivity contribution in [2.75, 3.05) is 6.54 Å². The molecule has 0 saturated carbocycles. The normalized spacial score (nSPS) is 14.4. The van der Waals surface area contributed by atoms with Crippen LogP contribution in [0.15, 0.2) is 18.2 Å². The van der Waals surface area contributed by atoms with E-state index < -0.39 is 23.6 Å². The zero-order valence-corrected chi connectivity index (χ0v) is 11.3. The first-order valence-electron chi connectivity index (χ1n) is 6.23. The van der Waals surface area contributed by atoms with E-state index in [0.717, 1.165) is 6.07 Å². The van der Waals surface area contributed by atoms with Crippen LogP contribution in [0.25, 0.3) is 0 Å². The maximum atomic E-state index is 13.1. The van der Waals surface area contributed by atoms with Gasteiger partial charge in [-0.25, -0.2) is 8.78 Å². The molecule has 0 amide bonds. The van der Waals surface area contributed by atoms with E-state index >= 15 is 0 Å². The van der Waals surface area contributed by atoms with E-state index in [2.05, 4.69) is 5.32 Å². The SMILES string of the molecule is CC(CN[C@H](C(=O)O)C(C)C)c1cc(F)cc(F)c1. The predicted octanol–water partition coefficient (Wildman–Crippen LogP) is 2.77. The third-order valence-electron chi connectivity index (χ3n) is 3.03. The Kier molecular flexibility index (Phi) is 5.42. The lowest BCUT2D eigenvalue weighted by Gasteiger charge is -2.21. The average Bonchev–Trinajstić information content (AvgIpc) is 2.26. The van der Waals surface area contributed by atoms with Gasteiger partial charge in [-0.2, -0.15) is 0 Å². The van der Waals surface area contributed by atoms with Gasteiger partial charge in [0.1, 0.15) is 17.7 Å². The molecule has 1 unspecified atom stereocenters. The molecule has 106 valence electrons. The largest absolute Gasteiger partial charge is 0.480 e. The van der Waals surface area contributed by atoms with Gasteiger partial charge in [-0.3, -0.25) is 4.79 Å². The number of benzene rings is 1. The summed E-state index contributed by atoms with van der Waals surface area (Å²) in [6.45, 7) is 5.75. The van der Waals surface area contributed by atoms with E-state index in [1.165, 1.54) is 12.1 Å². The van der Waals surface area contributed by atoms with Crippen LogP contribution in [0.1, 0.15) is 32.3 Å². The topological polar surface area (TPSA) is 49.3 Å². The van der Waals surface area contributed by atoms with Crippen LogP contribution in [0, 0.1) is 17.6 Å². The molecule has 3 nitrogen and oxygen atoms in total. The van der Waals surface area contributed by atoms with E-state index in [-0.39, 0.29) is 11.8 Å². The van der Waals surface area contributed by atoms with E-state index in [1.54, 1.807) is 20.8 Å². The Hall–Kier alpha value is -1.49. The quantitative estimate of drug-likeness (QED) is 0.836. The molecule has 19 heavy (non-hydrogen) atoms. The van der Waals surface area contributed by atoms with Gasteiger partial charge in [0.25, 0.3) is 0 Å². The molecule has 0 aliphatic carbocycles.